The number of aromatic nitrogens is 1. The fraction of sp³-hybridized carbons (Fsp3) is 0.154. The molecule has 0 bridgehead atoms. The number of halogens is 3. The van der Waals surface area contributed by atoms with E-state index in [1.54, 1.807) is 30.5 Å². The third-order valence-electron chi connectivity index (χ3n) is 2.53. The van der Waals surface area contributed by atoms with Crippen molar-refractivity contribution >= 4 is 33.3 Å². The van der Waals surface area contributed by atoms with Crippen molar-refractivity contribution in [2.75, 3.05) is 5.32 Å². The number of rotatable bonds is 3. The Bertz CT molecular complexity index is 562. The van der Waals surface area contributed by atoms with Gasteiger partial charge < -0.3 is 5.32 Å². The summed E-state index contributed by atoms with van der Waals surface area (Å²) in [6, 6.07) is 8.16. The number of hydrogen-bond donors (Lipinski definition) is 1. The SMILES string of the molecule is CC(Nc1ncc(Br)cc1Cl)c1ccccc1F. The Morgan fingerprint density at radius 3 is 2.78 bits per heavy atom. The van der Waals surface area contributed by atoms with Gasteiger partial charge in [0.05, 0.1) is 11.1 Å². The molecule has 0 amide bonds. The monoisotopic (exact) mass is 328 g/mol. The second-order valence-electron chi connectivity index (χ2n) is 3.87. The molecule has 1 N–H and O–H groups in total. The Morgan fingerprint density at radius 1 is 1.39 bits per heavy atom. The zero-order chi connectivity index (χ0) is 13.1. The highest BCUT2D eigenvalue weighted by Crippen LogP contribution is 2.27. The molecule has 0 aliphatic rings. The summed E-state index contributed by atoms with van der Waals surface area (Å²) in [4.78, 5) is 4.16. The quantitative estimate of drug-likeness (QED) is 0.874. The van der Waals surface area contributed by atoms with Gasteiger partial charge in [-0.05, 0) is 35.0 Å². The molecule has 0 saturated carbocycles. The lowest BCUT2D eigenvalue weighted by molar-refractivity contribution is 0.600. The van der Waals surface area contributed by atoms with Crippen LogP contribution in [-0.2, 0) is 0 Å². The zero-order valence-corrected chi connectivity index (χ0v) is 12.0. The van der Waals surface area contributed by atoms with E-state index in [-0.39, 0.29) is 11.9 Å². The van der Waals surface area contributed by atoms with Crippen molar-refractivity contribution in [3.63, 3.8) is 0 Å². The topological polar surface area (TPSA) is 24.9 Å². The molecular formula is C13H11BrClFN2. The van der Waals surface area contributed by atoms with Crippen LogP contribution in [0.3, 0.4) is 0 Å². The van der Waals surface area contributed by atoms with Crippen LogP contribution in [0.5, 0.6) is 0 Å². The van der Waals surface area contributed by atoms with Crippen LogP contribution in [0.2, 0.25) is 5.02 Å². The molecule has 1 aromatic heterocycles. The lowest BCUT2D eigenvalue weighted by atomic mass is 10.1. The molecule has 1 aromatic carbocycles. The summed E-state index contributed by atoms with van der Waals surface area (Å²) in [6.45, 7) is 1.86. The van der Waals surface area contributed by atoms with Crippen LogP contribution in [-0.4, -0.2) is 4.98 Å². The maximum absolute atomic E-state index is 13.6. The summed E-state index contributed by atoms with van der Waals surface area (Å²) in [5.74, 6) is 0.293. The Balaban J connectivity index is 2.21. The average molecular weight is 330 g/mol. The van der Waals surface area contributed by atoms with Gasteiger partial charge in [0.25, 0.3) is 0 Å². The first-order chi connectivity index (χ1) is 8.58. The van der Waals surface area contributed by atoms with E-state index in [9.17, 15) is 4.39 Å². The molecule has 0 spiro atoms. The largest absolute Gasteiger partial charge is 0.362 e. The van der Waals surface area contributed by atoms with Crippen LogP contribution in [0.1, 0.15) is 18.5 Å². The summed E-state index contributed by atoms with van der Waals surface area (Å²) in [5.41, 5.74) is 0.582. The van der Waals surface area contributed by atoms with Gasteiger partial charge in [0, 0.05) is 16.2 Å². The minimum absolute atomic E-state index is 0.211. The molecule has 0 radical (unpaired) electrons. The Kier molecular flexibility index (Phi) is 4.19. The molecule has 2 rings (SSSR count). The highest BCUT2D eigenvalue weighted by molar-refractivity contribution is 9.10. The number of hydrogen-bond acceptors (Lipinski definition) is 2. The van der Waals surface area contributed by atoms with Crippen molar-refractivity contribution in [1.82, 2.24) is 4.98 Å². The summed E-state index contributed by atoms with van der Waals surface area (Å²) in [5, 5.41) is 3.58. The first-order valence-corrected chi connectivity index (χ1v) is 6.57. The van der Waals surface area contributed by atoms with Crippen molar-refractivity contribution in [1.29, 1.82) is 0 Å². The molecule has 18 heavy (non-hydrogen) atoms. The van der Waals surface area contributed by atoms with Gasteiger partial charge in [-0.1, -0.05) is 29.8 Å². The molecule has 0 aliphatic heterocycles. The van der Waals surface area contributed by atoms with Gasteiger partial charge in [-0.2, -0.15) is 0 Å². The van der Waals surface area contributed by atoms with Crippen LogP contribution < -0.4 is 5.32 Å². The summed E-state index contributed by atoms with van der Waals surface area (Å²) in [7, 11) is 0. The van der Waals surface area contributed by atoms with Crippen LogP contribution in [0.15, 0.2) is 41.0 Å². The molecule has 0 saturated heterocycles. The van der Waals surface area contributed by atoms with Crippen LogP contribution in [0.4, 0.5) is 10.2 Å². The highest BCUT2D eigenvalue weighted by Gasteiger charge is 2.12. The summed E-state index contributed by atoms with van der Waals surface area (Å²) in [6.07, 6.45) is 1.64. The standard InChI is InChI=1S/C13H11BrClFN2/c1-8(10-4-2-3-5-12(10)16)18-13-11(15)6-9(14)7-17-13/h2-8H,1H3,(H,17,18). The van der Waals surface area contributed by atoms with E-state index in [2.05, 4.69) is 26.2 Å². The Hall–Kier alpha value is -1.13. The van der Waals surface area contributed by atoms with Gasteiger partial charge >= 0.3 is 0 Å². The van der Waals surface area contributed by atoms with Crippen molar-refractivity contribution in [3.05, 3.63) is 57.4 Å². The van der Waals surface area contributed by atoms with E-state index in [0.29, 0.717) is 16.4 Å². The van der Waals surface area contributed by atoms with Gasteiger partial charge in [-0.3, -0.25) is 0 Å². The molecule has 1 heterocycles. The lowest BCUT2D eigenvalue weighted by Crippen LogP contribution is -2.10. The second-order valence-corrected chi connectivity index (χ2v) is 5.19. The van der Waals surface area contributed by atoms with E-state index >= 15 is 0 Å². The van der Waals surface area contributed by atoms with Crippen LogP contribution in [0.25, 0.3) is 0 Å². The van der Waals surface area contributed by atoms with Crippen LogP contribution >= 0.6 is 27.5 Å². The van der Waals surface area contributed by atoms with Crippen molar-refractivity contribution in [2.45, 2.75) is 13.0 Å². The number of benzene rings is 1. The summed E-state index contributed by atoms with van der Waals surface area (Å²) >= 11 is 9.34. The predicted molar refractivity (Wildman–Crippen MR) is 75.4 cm³/mol. The molecule has 0 aliphatic carbocycles. The maximum Gasteiger partial charge on any atom is 0.145 e. The normalized spacial score (nSPS) is 12.2. The first-order valence-electron chi connectivity index (χ1n) is 5.40. The smallest absolute Gasteiger partial charge is 0.145 e. The second kappa shape index (κ2) is 5.67. The number of pyridine rings is 1. The Morgan fingerprint density at radius 2 is 2.11 bits per heavy atom. The minimum atomic E-state index is -0.245. The maximum atomic E-state index is 13.6. The molecule has 1 unspecified atom stereocenters. The van der Waals surface area contributed by atoms with Crippen molar-refractivity contribution in [2.24, 2.45) is 0 Å². The van der Waals surface area contributed by atoms with E-state index < -0.39 is 0 Å². The van der Waals surface area contributed by atoms with Crippen molar-refractivity contribution < 1.29 is 4.39 Å². The Labute approximate surface area is 118 Å². The van der Waals surface area contributed by atoms with Gasteiger partial charge in [-0.15, -0.1) is 0 Å². The molecule has 94 valence electrons. The minimum Gasteiger partial charge on any atom is -0.362 e. The third-order valence-corrected chi connectivity index (χ3v) is 3.25. The predicted octanol–water partition coefficient (Wildman–Crippen LogP) is 4.81. The molecule has 5 heteroatoms. The van der Waals surface area contributed by atoms with Gasteiger partial charge in [0.2, 0.25) is 0 Å². The molecule has 1 atom stereocenters. The number of anilines is 1. The van der Waals surface area contributed by atoms with Crippen LogP contribution in [0, 0.1) is 5.82 Å². The lowest BCUT2D eigenvalue weighted by Gasteiger charge is -2.16. The van der Waals surface area contributed by atoms with E-state index in [0.717, 1.165) is 4.47 Å². The number of nitrogens with one attached hydrogen (secondary N) is 1. The average Bonchev–Trinajstić information content (AvgIpc) is 2.33. The van der Waals surface area contributed by atoms with Gasteiger partial charge in [0.1, 0.15) is 11.6 Å². The van der Waals surface area contributed by atoms with Gasteiger partial charge in [-0.25, -0.2) is 9.37 Å². The first kappa shape index (κ1) is 13.3. The molecule has 2 nitrogen and oxygen atoms in total. The van der Waals surface area contributed by atoms with E-state index in [4.69, 9.17) is 11.6 Å². The summed E-state index contributed by atoms with van der Waals surface area (Å²) < 4.78 is 14.4. The van der Waals surface area contributed by atoms with E-state index in [1.807, 2.05) is 6.92 Å². The molecule has 0 fully saturated rings. The van der Waals surface area contributed by atoms with Gasteiger partial charge in [0.15, 0.2) is 0 Å². The molecule has 2 aromatic rings. The number of nitrogens with zero attached hydrogens (tertiary/aromatic N) is 1. The fourth-order valence-corrected chi connectivity index (χ4v) is 2.31. The van der Waals surface area contributed by atoms with E-state index in [1.165, 1.54) is 6.07 Å². The third kappa shape index (κ3) is 3.00. The fourth-order valence-electron chi connectivity index (χ4n) is 1.63. The highest BCUT2D eigenvalue weighted by atomic mass is 79.9. The van der Waals surface area contributed by atoms with Crippen molar-refractivity contribution in [3.8, 4) is 0 Å². The zero-order valence-electron chi connectivity index (χ0n) is 9.62. The molecular weight excluding hydrogens is 319 g/mol.